The third-order valence-corrected chi connectivity index (χ3v) is 3.38. The van der Waals surface area contributed by atoms with Crippen molar-refractivity contribution in [1.29, 1.82) is 0 Å². The summed E-state index contributed by atoms with van der Waals surface area (Å²) in [6.07, 6.45) is 4.32. The maximum Gasteiger partial charge on any atom is 0.137 e. The average Bonchev–Trinajstić information content (AvgIpc) is 3.02. The first-order valence-electron chi connectivity index (χ1n) is 5.94. The fourth-order valence-electron chi connectivity index (χ4n) is 1.83. The Balaban J connectivity index is 1.78. The largest absolute Gasteiger partial charge is 0.341 e. The number of hydrogen-bond donors (Lipinski definition) is 2. The van der Waals surface area contributed by atoms with Crippen LogP contribution in [0.3, 0.4) is 0 Å². The highest BCUT2D eigenvalue weighted by atomic mass is 79.9. The van der Waals surface area contributed by atoms with Crippen LogP contribution in [0.5, 0.6) is 0 Å². The van der Waals surface area contributed by atoms with E-state index in [0.29, 0.717) is 16.3 Å². The molecule has 0 saturated heterocycles. The molecule has 3 nitrogen and oxygen atoms in total. The van der Waals surface area contributed by atoms with Crippen molar-refractivity contribution in [1.82, 2.24) is 15.3 Å². The highest BCUT2D eigenvalue weighted by Crippen LogP contribution is 2.23. The Hall–Kier alpha value is -1.20. The molecule has 1 aromatic carbocycles. The Labute approximate surface area is 113 Å². The fourth-order valence-corrected chi connectivity index (χ4v) is 2.29. The molecule has 0 bridgehead atoms. The normalized spacial score (nSPS) is 15.0. The Bertz CT molecular complexity index is 543. The molecular formula is C13H13BrFN3. The number of imidazole rings is 1. The van der Waals surface area contributed by atoms with Gasteiger partial charge in [0.2, 0.25) is 0 Å². The molecule has 3 rings (SSSR count). The SMILES string of the molecule is Fc1cc(Br)cc(-c2ncc(CNC3CC3)[nH]2)c1. The number of rotatable bonds is 4. The Morgan fingerprint density at radius 1 is 1.39 bits per heavy atom. The molecule has 1 saturated carbocycles. The van der Waals surface area contributed by atoms with Crippen molar-refractivity contribution in [3.05, 3.63) is 40.4 Å². The molecule has 1 aliphatic carbocycles. The molecule has 1 fully saturated rings. The molecule has 18 heavy (non-hydrogen) atoms. The van der Waals surface area contributed by atoms with Gasteiger partial charge in [0.1, 0.15) is 11.6 Å². The first-order valence-corrected chi connectivity index (χ1v) is 6.74. The topological polar surface area (TPSA) is 40.7 Å². The number of nitrogens with one attached hydrogen (secondary N) is 2. The Morgan fingerprint density at radius 3 is 2.94 bits per heavy atom. The lowest BCUT2D eigenvalue weighted by Gasteiger charge is -2.00. The van der Waals surface area contributed by atoms with E-state index in [-0.39, 0.29) is 5.82 Å². The molecule has 1 aromatic heterocycles. The van der Waals surface area contributed by atoms with Crippen LogP contribution in [0, 0.1) is 5.82 Å². The summed E-state index contributed by atoms with van der Waals surface area (Å²) in [5.74, 6) is 0.427. The van der Waals surface area contributed by atoms with Crippen LogP contribution in [0.1, 0.15) is 18.5 Å². The van der Waals surface area contributed by atoms with E-state index >= 15 is 0 Å². The molecule has 0 spiro atoms. The third kappa shape index (κ3) is 2.79. The number of benzene rings is 1. The van der Waals surface area contributed by atoms with Gasteiger partial charge in [0.25, 0.3) is 0 Å². The van der Waals surface area contributed by atoms with Gasteiger partial charge in [0, 0.05) is 34.5 Å². The molecular weight excluding hydrogens is 297 g/mol. The molecule has 5 heteroatoms. The van der Waals surface area contributed by atoms with Crippen molar-refractivity contribution in [3.8, 4) is 11.4 Å². The van der Waals surface area contributed by atoms with Gasteiger partial charge in [-0.25, -0.2) is 9.37 Å². The van der Waals surface area contributed by atoms with E-state index in [1.165, 1.54) is 25.0 Å². The lowest BCUT2D eigenvalue weighted by molar-refractivity contribution is 0.627. The van der Waals surface area contributed by atoms with E-state index in [0.717, 1.165) is 17.8 Å². The zero-order valence-corrected chi connectivity index (χ0v) is 11.3. The second-order valence-electron chi connectivity index (χ2n) is 4.57. The zero-order chi connectivity index (χ0) is 12.5. The summed E-state index contributed by atoms with van der Waals surface area (Å²) < 4.78 is 14.0. The van der Waals surface area contributed by atoms with Gasteiger partial charge in [0.05, 0.1) is 0 Å². The quantitative estimate of drug-likeness (QED) is 0.910. The molecule has 0 amide bonds. The van der Waals surface area contributed by atoms with Crippen molar-refractivity contribution in [2.45, 2.75) is 25.4 Å². The summed E-state index contributed by atoms with van der Waals surface area (Å²) in [4.78, 5) is 7.49. The predicted molar refractivity (Wildman–Crippen MR) is 71.5 cm³/mol. The molecule has 1 heterocycles. The molecule has 2 N–H and O–H groups in total. The molecule has 0 atom stereocenters. The average molecular weight is 310 g/mol. The molecule has 2 aromatic rings. The summed E-state index contributed by atoms with van der Waals surface area (Å²) in [7, 11) is 0. The van der Waals surface area contributed by atoms with E-state index in [4.69, 9.17) is 0 Å². The first-order chi connectivity index (χ1) is 8.70. The van der Waals surface area contributed by atoms with Crippen molar-refractivity contribution in [3.63, 3.8) is 0 Å². The first kappa shape index (κ1) is 11.9. The fraction of sp³-hybridized carbons (Fsp3) is 0.308. The van der Waals surface area contributed by atoms with Gasteiger partial charge in [-0.3, -0.25) is 0 Å². The van der Waals surface area contributed by atoms with Gasteiger partial charge >= 0.3 is 0 Å². The zero-order valence-electron chi connectivity index (χ0n) is 9.71. The number of H-pyrrole nitrogens is 1. The van der Waals surface area contributed by atoms with Gasteiger partial charge in [-0.05, 0) is 31.0 Å². The maximum atomic E-state index is 13.3. The Morgan fingerprint density at radius 2 is 2.22 bits per heavy atom. The number of halogens is 2. The maximum absolute atomic E-state index is 13.3. The van der Waals surface area contributed by atoms with Crippen LogP contribution in [-0.2, 0) is 6.54 Å². The summed E-state index contributed by atoms with van der Waals surface area (Å²) in [5, 5.41) is 3.41. The summed E-state index contributed by atoms with van der Waals surface area (Å²) in [6, 6.07) is 5.42. The smallest absolute Gasteiger partial charge is 0.137 e. The minimum atomic E-state index is -0.270. The minimum Gasteiger partial charge on any atom is -0.341 e. The van der Waals surface area contributed by atoms with Crippen molar-refractivity contribution < 1.29 is 4.39 Å². The predicted octanol–water partition coefficient (Wildman–Crippen LogP) is 3.23. The van der Waals surface area contributed by atoms with Crippen LogP contribution in [0.25, 0.3) is 11.4 Å². The van der Waals surface area contributed by atoms with E-state index < -0.39 is 0 Å². The molecule has 0 unspecified atom stereocenters. The van der Waals surface area contributed by atoms with Crippen molar-refractivity contribution in [2.75, 3.05) is 0 Å². The van der Waals surface area contributed by atoms with Crippen LogP contribution >= 0.6 is 15.9 Å². The summed E-state index contributed by atoms with van der Waals surface area (Å²) in [5.41, 5.74) is 1.77. The number of aromatic amines is 1. The van der Waals surface area contributed by atoms with Gasteiger partial charge in [-0.2, -0.15) is 0 Å². The highest BCUT2D eigenvalue weighted by molar-refractivity contribution is 9.10. The monoisotopic (exact) mass is 309 g/mol. The number of aromatic nitrogens is 2. The molecule has 0 aliphatic heterocycles. The lowest BCUT2D eigenvalue weighted by Crippen LogP contribution is -2.15. The van der Waals surface area contributed by atoms with Gasteiger partial charge in [-0.15, -0.1) is 0 Å². The molecule has 0 radical (unpaired) electrons. The van der Waals surface area contributed by atoms with Crippen LogP contribution in [-0.4, -0.2) is 16.0 Å². The van der Waals surface area contributed by atoms with Gasteiger partial charge in [-0.1, -0.05) is 15.9 Å². The van der Waals surface area contributed by atoms with Crippen LogP contribution in [0.2, 0.25) is 0 Å². The van der Waals surface area contributed by atoms with Crippen molar-refractivity contribution >= 4 is 15.9 Å². The number of hydrogen-bond acceptors (Lipinski definition) is 2. The number of nitrogens with zero attached hydrogens (tertiary/aromatic N) is 1. The van der Waals surface area contributed by atoms with Crippen LogP contribution in [0.4, 0.5) is 4.39 Å². The highest BCUT2D eigenvalue weighted by Gasteiger charge is 2.20. The van der Waals surface area contributed by atoms with E-state index in [2.05, 4.69) is 31.2 Å². The molecule has 1 aliphatic rings. The summed E-state index contributed by atoms with van der Waals surface area (Å²) in [6.45, 7) is 0.786. The standard InChI is InChI=1S/C13H13BrFN3/c14-9-3-8(4-10(15)5-9)13-17-7-12(18-13)6-16-11-1-2-11/h3-5,7,11,16H,1-2,6H2,(H,17,18). The van der Waals surface area contributed by atoms with Gasteiger partial charge in [0.15, 0.2) is 0 Å². The van der Waals surface area contributed by atoms with E-state index in [1.54, 1.807) is 6.20 Å². The summed E-state index contributed by atoms with van der Waals surface area (Å²) >= 11 is 3.28. The lowest BCUT2D eigenvalue weighted by atomic mass is 10.2. The second kappa shape index (κ2) is 4.82. The van der Waals surface area contributed by atoms with E-state index in [1.807, 2.05) is 6.07 Å². The van der Waals surface area contributed by atoms with E-state index in [9.17, 15) is 4.39 Å². The van der Waals surface area contributed by atoms with Crippen LogP contribution < -0.4 is 5.32 Å². The third-order valence-electron chi connectivity index (χ3n) is 2.92. The van der Waals surface area contributed by atoms with Gasteiger partial charge < -0.3 is 10.3 Å². The molecule has 94 valence electrons. The van der Waals surface area contributed by atoms with Crippen LogP contribution in [0.15, 0.2) is 28.9 Å². The minimum absolute atomic E-state index is 0.270. The second-order valence-corrected chi connectivity index (χ2v) is 5.49. The van der Waals surface area contributed by atoms with Crippen molar-refractivity contribution in [2.24, 2.45) is 0 Å². The Kier molecular flexibility index (Phi) is 3.18.